The molecular weight excluding hydrogens is 262 g/mol. The van der Waals surface area contributed by atoms with E-state index in [4.69, 9.17) is 0 Å². The maximum atomic E-state index is 12.2. The van der Waals surface area contributed by atoms with E-state index in [1.165, 1.54) is 0 Å². The van der Waals surface area contributed by atoms with Gasteiger partial charge in [0.25, 0.3) is 0 Å². The zero-order valence-electron chi connectivity index (χ0n) is 11.7. The van der Waals surface area contributed by atoms with Gasteiger partial charge in [-0.1, -0.05) is 0 Å². The third kappa shape index (κ3) is 4.11. The fourth-order valence-corrected chi connectivity index (χ4v) is 3.37. The first-order valence-corrected chi connectivity index (χ1v) is 8.10. The van der Waals surface area contributed by atoms with Crippen molar-refractivity contribution in [3.63, 3.8) is 0 Å². The summed E-state index contributed by atoms with van der Waals surface area (Å²) >= 11 is 1.91. The molecular formula is C13H23N3O2S. The van der Waals surface area contributed by atoms with Gasteiger partial charge >= 0.3 is 0 Å². The van der Waals surface area contributed by atoms with Crippen LogP contribution in [0.1, 0.15) is 13.8 Å². The van der Waals surface area contributed by atoms with Crippen LogP contribution >= 0.6 is 11.8 Å². The molecule has 0 saturated carbocycles. The standard InChI is InChI=1S/C13H23N3O2S/c1-10(2)14-12(17)9-15-7-11(8-15)13(18)16-3-5-19-6-4-16/h10-11H,3-9H2,1-2H3,(H,14,17). The van der Waals surface area contributed by atoms with Gasteiger partial charge in [-0.05, 0) is 13.8 Å². The molecule has 0 bridgehead atoms. The average Bonchev–Trinajstić information content (AvgIpc) is 2.32. The van der Waals surface area contributed by atoms with E-state index >= 15 is 0 Å². The summed E-state index contributed by atoms with van der Waals surface area (Å²) in [4.78, 5) is 27.8. The third-order valence-corrected chi connectivity index (χ3v) is 4.39. The average molecular weight is 285 g/mol. The van der Waals surface area contributed by atoms with Crippen LogP contribution in [0.4, 0.5) is 0 Å². The van der Waals surface area contributed by atoms with Crippen LogP contribution in [0.15, 0.2) is 0 Å². The topological polar surface area (TPSA) is 52.7 Å². The Morgan fingerprint density at radius 2 is 1.89 bits per heavy atom. The number of thioether (sulfide) groups is 1. The molecule has 2 amide bonds. The van der Waals surface area contributed by atoms with Gasteiger partial charge < -0.3 is 10.2 Å². The minimum absolute atomic E-state index is 0.0512. The van der Waals surface area contributed by atoms with E-state index in [0.717, 1.165) is 37.7 Å². The van der Waals surface area contributed by atoms with Crippen molar-refractivity contribution < 1.29 is 9.59 Å². The van der Waals surface area contributed by atoms with Crippen molar-refractivity contribution in [2.24, 2.45) is 5.92 Å². The quantitative estimate of drug-likeness (QED) is 0.791. The Morgan fingerprint density at radius 3 is 2.47 bits per heavy atom. The summed E-state index contributed by atoms with van der Waals surface area (Å²) in [5.41, 5.74) is 0. The van der Waals surface area contributed by atoms with Crippen molar-refractivity contribution in [2.75, 3.05) is 44.2 Å². The van der Waals surface area contributed by atoms with Crippen LogP contribution in [0, 0.1) is 5.92 Å². The van der Waals surface area contributed by atoms with E-state index in [0.29, 0.717) is 6.54 Å². The Hall–Kier alpha value is -0.750. The number of carbonyl (C=O) groups excluding carboxylic acids is 2. The van der Waals surface area contributed by atoms with Crippen LogP contribution in [0.3, 0.4) is 0 Å². The lowest BCUT2D eigenvalue weighted by atomic mass is 9.98. The van der Waals surface area contributed by atoms with Crippen molar-refractivity contribution in [1.29, 1.82) is 0 Å². The van der Waals surface area contributed by atoms with E-state index in [-0.39, 0.29) is 23.8 Å². The van der Waals surface area contributed by atoms with Crippen molar-refractivity contribution in [1.82, 2.24) is 15.1 Å². The molecule has 19 heavy (non-hydrogen) atoms. The summed E-state index contributed by atoms with van der Waals surface area (Å²) in [6.07, 6.45) is 0. The molecule has 2 aliphatic rings. The summed E-state index contributed by atoms with van der Waals surface area (Å²) < 4.78 is 0. The summed E-state index contributed by atoms with van der Waals surface area (Å²) in [7, 11) is 0. The fourth-order valence-electron chi connectivity index (χ4n) is 2.47. The van der Waals surface area contributed by atoms with Crippen LogP contribution in [0.25, 0.3) is 0 Å². The number of hydrogen-bond donors (Lipinski definition) is 1. The van der Waals surface area contributed by atoms with Gasteiger partial charge in [0.2, 0.25) is 11.8 Å². The summed E-state index contributed by atoms with van der Waals surface area (Å²) in [5, 5.41) is 2.87. The zero-order valence-corrected chi connectivity index (χ0v) is 12.5. The van der Waals surface area contributed by atoms with Crippen molar-refractivity contribution >= 4 is 23.6 Å². The minimum Gasteiger partial charge on any atom is -0.353 e. The van der Waals surface area contributed by atoms with Crippen LogP contribution in [0.2, 0.25) is 0 Å². The molecule has 0 spiro atoms. The predicted molar refractivity (Wildman–Crippen MR) is 77.1 cm³/mol. The Bertz CT molecular complexity index is 337. The van der Waals surface area contributed by atoms with Crippen LogP contribution in [-0.4, -0.2) is 71.9 Å². The molecule has 6 heteroatoms. The Labute approximate surface area is 119 Å². The number of rotatable bonds is 4. The molecule has 2 saturated heterocycles. The number of hydrogen-bond acceptors (Lipinski definition) is 4. The highest BCUT2D eigenvalue weighted by Crippen LogP contribution is 2.20. The van der Waals surface area contributed by atoms with Crippen molar-refractivity contribution in [3.8, 4) is 0 Å². The zero-order chi connectivity index (χ0) is 13.8. The van der Waals surface area contributed by atoms with Gasteiger partial charge in [-0.15, -0.1) is 0 Å². The second-order valence-electron chi connectivity index (χ2n) is 5.55. The third-order valence-electron chi connectivity index (χ3n) is 3.45. The maximum Gasteiger partial charge on any atom is 0.234 e. The van der Waals surface area contributed by atoms with E-state index in [1.807, 2.05) is 35.4 Å². The van der Waals surface area contributed by atoms with Gasteiger partial charge in [0.15, 0.2) is 0 Å². The van der Waals surface area contributed by atoms with Gasteiger partial charge in [0, 0.05) is 43.7 Å². The molecule has 2 rings (SSSR count). The first-order valence-electron chi connectivity index (χ1n) is 6.94. The molecule has 2 fully saturated rings. The number of nitrogens with zero attached hydrogens (tertiary/aromatic N) is 2. The summed E-state index contributed by atoms with van der Waals surface area (Å²) in [5.74, 6) is 2.55. The number of carbonyl (C=O) groups is 2. The maximum absolute atomic E-state index is 12.2. The first kappa shape index (κ1) is 14.7. The molecule has 0 atom stereocenters. The highest BCUT2D eigenvalue weighted by Gasteiger charge is 2.36. The molecule has 0 radical (unpaired) electrons. The molecule has 0 aromatic rings. The molecule has 5 nitrogen and oxygen atoms in total. The Morgan fingerprint density at radius 1 is 1.26 bits per heavy atom. The summed E-state index contributed by atoms with van der Waals surface area (Å²) in [6, 6.07) is 0.178. The Kier molecular flexibility index (Phi) is 5.10. The fraction of sp³-hybridized carbons (Fsp3) is 0.846. The second kappa shape index (κ2) is 6.61. The Balaban J connectivity index is 1.67. The smallest absolute Gasteiger partial charge is 0.234 e. The number of nitrogens with one attached hydrogen (secondary N) is 1. The monoisotopic (exact) mass is 285 g/mol. The van der Waals surface area contributed by atoms with Gasteiger partial charge in [-0.3, -0.25) is 14.5 Å². The molecule has 1 N–H and O–H groups in total. The van der Waals surface area contributed by atoms with Crippen LogP contribution < -0.4 is 5.32 Å². The van der Waals surface area contributed by atoms with Gasteiger partial charge in [-0.25, -0.2) is 0 Å². The normalized spacial score (nSPS) is 21.3. The molecule has 0 aliphatic carbocycles. The second-order valence-corrected chi connectivity index (χ2v) is 6.78. The molecule has 0 aromatic carbocycles. The van der Waals surface area contributed by atoms with Gasteiger partial charge in [0.1, 0.15) is 0 Å². The lowest BCUT2D eigenvalue weighted by Gasteiger charge is -2.41. The number of amides is 2. The molecule has 2 heterocycles. The van der Waals surface area contributed by atoms with E-state index in [1.54, 1.807) is 0 Å². The largest absolute Gasteiger partial charge is 0.353 e. The minimum atomic E-state index is 0.0512. The SMILES string of the molecule is CC(C)NC(=O)CN1CC(C(=O)N2CCSCC2)C1. The first-order chi connectivity index (χ1) is 9.06. The lowest BCUT2D eigenvalue weighted by molar-refractivity contribution is -0.142. The highest BCUT2D eigenvalue weighted by molar-refractivity contribution is 7.99. The van der Waals surface area contributed by atoms with Gasteiger partial charge in [-0.2, -0.15) is 11.8 Å². The lowest BCUT2D eigenvalue weighted by Crippen LogP contribution is -2.57. The highest BCUT2D eigenvalue weighted by atomic mass is 32.2. The van der Waals surface area contributed by atoms with Crippen LogP contribution in [-0.2, 0) is 9.59 Å². The summed E-state index contributed by atoms with van der Waals surface area (Å²) in [6.45, 7) is 7.55. The molecule has 108 valence electrons. The molecule has 0 aromatic heterocycles. The molecule has 2 aliphatic heterocycles. The van der Waals surface area contributed by atoms with Crippen molar-refractivity contribution in [3.05, 3.63) is 0 Å². The van der Waals surface area contributed by atoms with Crippen LogP contribution in [0.5, 0.6) is 0 Å². The van der Waals surface area contributed by atoms with E-state index in [2.05, 4.69) is 5.32 Å². The van der Waals surface area contributed by atoms with Crippen molar-refractivity contribution in [2.45, 2.75) is 19.9 Å². The van der Waals surface area contributed by atoms with Gasteiger partial charge in [0.05, 0.1) is 12.5 Å². The predicted octanol–water partition coefficient (Wildman–Crippen LogP) is 0.0182. The molecule has 0 unspecified atom stereocenters. The van der Waals surface area contributed by atoms with E-state index < -0.39 is 0 Å². The van der Waals surface area contributed by atoms with E-state index in [9.17, 15) is 9.59 Å². The number of likely N-dealkylation sites (tertiary alicyclic amines) is 1.